The maximum Gasteiger partial charge on any atom is 0.0546 e. The van der Waals surface area contributed by atoms with E-state index in [0.29, 0.717) is 0 Å². The lowest BCUT2D eigenvalue weighted by Crippen LogP contribution is -2.43. The first-order valence-corrected chi connectivity index (χ1v) is 5.17. The van der Waals surface area contributed by atoms with Gasteiger partial charge in [-0.25, -0.2) is 0 Å². The summed E-state index contributed by atoms with van der Waals surface area (Å²) in [7, 11) is 2.18. The molecule has 0 N–H and O–H groups in total. The van der Waals surface area contributed by atoms with Gasteiger partial charge >= 0.3 is 0 Å². The molecule has 0 saturated carbocycles. The molecule has 0 atom stereocenters. The molecular formula is C12H17N2. The van der Waals surface area contributed by atoms with Crippen molar-refractivity contribution in [2.24, 2.45) is 0 Å². The topological polar surface area (TPSA) is 6.48 Å². The third-order valence-corrected chi connectivity index (χ3v) is 2.67. The first-order valence-electron chi connectivity index (χ1n) is 5.17. The van der Waals surface area contributed by atoms with Crippen molar-refractivity contribution >= 4 is 0 Å². The van der Waals surface area contributed by atoms with E-state index in [9.17, 15) is 0 Å². The lowest BCUT2D eigenvalue weighted by atomic mass is 10.2. The molecule has 0 unspecified atom stereocenters. The zero-order chi connectivity index (χ0) is 9.80. The van der Waals surface area contributed by atoms with Crippen molar-refractivity contribution in [2.75, 3.05) is 33.2 Å². The summed E-state index contributed by atoms with van der Waals surface area (Å²) in [5.41, 5.74) is 1.30. The summed E-state index contributed by atoms with van der Waals surface area (Å²) in [5.74, 6) is 0. The lowest BCUT2D eigenvalue weighted by Gasteiger charge is -2.31. The SMILES string of the molecule is CN1CCN([CH]c2ccccc2)CC1. The molecular weight excluding hydrogens is 172 g/mol. The first-order chi connectivity index (χ1) is 6.84. The second-order valence-electron chi connectivity index (χ2n) is 3.88. The van der Waals surface area contributed by atoms with Crippen LogP contribution in [0.4, 0.5) is 0 Å². The Hall–Kier alpha value is -0.860. The van der Waals surface area contributed by atoms with Crippen LogP contribution in [0, 0.1) is 6.54 Å². The molecule has 0 aliphatic carbocycles. The average Bonchev–Trinajstić information content (AvgIpc) is 2.23. The summed E-state index contributed by atoms with van der Waals surface area (Å²) >= 11 is 0. The zero-order valence-electron chi connectivity index (χ0n) is 8.69. The molecule has 2 heteroatoms. The van der Waals surface area contributed by atoms with Crippen molar-refractivity contribution in [3.8, 4) is 0 Å². The van der Waals surface area contributed by atoms with Gasteiger partial charge in [-0.2, -0.15) is 0 Å². The molecule has 0 aromatic heterocycles. The Balaban J connectivity index is 1.87. The van der Waals surface area contributed by atoms with E-state index in [4.69, 9.17) is 0 Å². The molecule has 0 spiro atoms. The first kappa shape index (κ1) is 9.69. The molecule has 1 radical (unpaired) electrons. The van der Waals surface area contributed by atoms with Gasteiger partial charge in [0.25, 0.3) is 0 Å². The van der Waals surface area contributed by atoms with Gasteiger partial charge in [-0.05, 0) is 12.6 Å². The Morgan fingerprint density at radius 1 is 1.00 bits per heavy atom. The van der Waals surface area contributed by atoms with Crippen molar-refractivity contribution in [1.29, 1.82) is 0 Å². The summed E-state index contributed by atoms with van der Waals surface area (Å²) in [6, 6.07) is 10.5. The normalized spacial score (nSPS) is 19.8. The molecule has 1 saturated heterocycles. The van der Waals surface area contributed by atoms with E-state index >= 15 is 0 Å². The van der Waals surface area contributed by atoms with E-state index in [1.54, 1.807) is 0 Å². The van der Waals surface area contributed by atoms with Gasteiger partial charge in [0.05, 0.1) is 6.54 Å². The number of hydrogen-bond acceptors (Lipinski definition) is 2. The highest BCUT2D eigenvalue weighted by Crippen LogP contribution is 2.08. The van der Waals surface area contributed by atoms with Crippen LogP contribution >= 0.6 is 0 Å². The van der Waals surface area contributed by atoms with Gasteiger partial charge in [0.1, 0.15) is 0 Å². The number of piperazine rings is 1. The summed E-state index contributed by atoms with van der Waals surface area (Å²) in [6.45, 7) is 6.89. The van der Waals surface area contributed by atoms with Crippen LogP contribution in [0.3, 0.4) is 0 Å². The third kappa shape index (κ3) is 2.56. The number of nitrogens with zero attached hydrogens (tertiary/aromatic N) is 2. The largest absolute Gasteiger partial charge is 0.304 e. The Kier molecular flexibility index (Phi) is 3.17. The summed E-state index contributed by atoms with van der Waals surface area (Å²) in [5, 5.41) is 0. The molecule has 1 fully saturated rings. The van der Waals surface area contributed by atoms with E-state index in [-0.39, 0.29) is 0 Å². The van der Waals surface area contributed by atoms with Gasteiger partial charge in [-0.3, -0.25) is 4.90 Å². The highest BCUT2D eigenvalue weighted by molar-refractivity contribution is 5.21. The molecule has 14 heavy (non-hydrogen) atoms. The van der Waals surface area contributed by atoms with E-state index in [0.717, 1.165) is 13.1 Å². The van der Waals surface area contributed by atoms with Gasteiger partial charge in [0, 0.05) is 26.2 Å². The van der Waals surface area contributed by atoms with Crippen LogP contribution in [0.2, 0.25) is 0 Å². The van der Waals surface area contributed by atoms with Crippen LogP contribution in [0.25, 0.3) is 0 Å². The fourth-order valence-electron chi connectivity index (χ4n) is 1.70. The van der Waals surface area contributed by atoms with Crippen molar-refractivity contribution in [3.05, 3.63) is 42.4 Å². The minimum absolute atomic E-state index is 1.14. The molecule has 1 aromatic carbocycles. The second kappa shape index (κ2) is 4.58. The van der Waals surface area contributed by atoms with Crippen LogP contribution in [0.15, 0.2) is 30.3 Å². The highest BCUT2D eigenvalue weighted by atomic mass is 15.2. The van der Waals surface area contributed by atoms with Crippen LogP contribution < -0.4 is 0 Å². The molecule has 1 aromatic rings. The van der Waals surface area contributed by atoms with E-state index in [1.165, 1.54) is 18.7 Å². The molecule has 0 bridgehead atoms. The molecule has 1 aliphatic rings. The molecule has 2 nitrogen and oxygen atoms in total. The highest BCUT2D eigenvalue weighted by Gasteiger charge is 2.13. The third-order valence-electron chi connectivity index (χ3n) is 2.67. The number of hydrogen-bond donors (Lipinski definition) is 0. The van der Waals surface area contributed by atoms with Gasteiger partial charge in [0.15, 0.2) is 0 Å². The van der Waals surface area contributed by atoms with E-state index in [1.807, 2.05) is 0 Å². The summed E-state index contributed by atoms with van der Waals surface area (Å²) in [4.78, 5) is 4.77. The standard InChI is InChI=1S/C12H17N2/c1-13-7-9-14(10-8-13)11-12-5-3-2-4-6-12/h2-6,11H,7-10H2,1H3. The van der Waals surface area contributed by atoms with Gasteiger partial charge in [0.2, 0.25) is 0 Å². The van der Waals surface area contributed by atoms with Gasteiger partial charge < -0.3 is 4.90 Å². The molecule has 1 aliphatic heterocycles. The summed E-state index contributed by atoms with van der Waals surface area (Å²) in [6.07, 6.45) is 0. The van der Waals surface area contributed by atoms with Gasteiger partial charge in [-0.15, -0.1) is 0 Å². The molecule has 75 valence electrons. The van der Waals surface area contributed by atoms with Crippen molar-refractivity contribution in [2.45, 2.75) is 0 Å². The van der Waals surface area contributed by atoms with Crippen molar-refractivity contribution < 1.29 is 0 Å². The molecule has 1 heterocycles. The van der Waals surface area contributed by atoms with Crippen LogP contribution in [0.5, 0.6) is 0 Å². The van der Waals surface area contributed by atoms with E-state index < -0.39 is 0 Å². The maximum atomic E-state index is 2.40. The number of likely N-dealkylation sites (N-methyl/N-ethyl adjacent to an activating group) is 1. The quantitative estimate of drug-likeness (QED) is 0.694. The molecule has 2 rings (SSSR count). The minimum atomic E-state index is 1.14. The number of benzene rings is 1. The predicted octanol–water partition coefficient (Wildman–Crippen LogP) is 1.44. The summed E-state index contributed by atoms with van der Waals surface area (Å²) < 4.78 is 0. The average molecular weight is 189 g/mol. The van der Waals surface area contributed by atoms with Crippen LogP contribution in [-0.2, 0) is 0 Å². The minimum Gasteiger partial charge on any atom is -0.304 e. The Morgan fingerprint density at radius 3 is 2.29 bits per heavy atom. The second-order valence-corrected chi connectivity index (χ2v) is 3.88. The van der Waals surface area contributed by atoms with Gasteiger partial charge in [-0.1, -0.05) is 30.3 Å². The van der Waals surface area contributed by atoms with Crippen molar-refractivity contribution in [1.82, 2.24) is 9.80 Å². The fourth-order valence-corrected chi connectivity index (χ4v) is 1.70. The number of rotatable bonds is 2. The zero-order valence-corrected chi connectivity index (χ0v) is 8.69. The van der Waals surface area contributed by atoms with E-state index in [2.05, 4.69) is 53.7 Å². The Morgan fingerprint density at radius 2 is 1.64 bits per heavy atom. The van der Waals surface area contributed by atoms with Crippen LogP contribution in [-0.4, -0.2) is 43.0 Å². The Bertz CT molecular complexity index is 263. The monoisotopic (exact) mass is 189 g/mol. The van der Waals surface area contributed by atoms with Crippen LogP contribution in [0.1, 0.15) is 5.56 Å². The fraction of sp³-hybridized carbons (Fsp3) is 0.417. The van der Waals surface area contributed by atoms with Crippen molar-refractivity contribution in [3.63, 3.8) is 0 Å². The molecule has 0 amide bonds. The maximum absolute atomic E-state index is 2.40. The predicted molar refractivity (Wildman–Crippen MR) is 58.9 cm³/mol. The lowest BCUT2D eigenvalue weighted by molar-refractivity contribution is 0.186. The Labute approximate surface area is 86.1 Å². The smallest absolute Gasteiger partial charge is 0.0546 e.